The second kappa shape index (κ2) is 6.18. The normalized spacial score (nSPS) is 26.3. The second-order valence-corrected chi connectivity index (χ2v) is 8.41. The third kappa shape index (κ3) is 3.24. The summed E-state index contributed by atoms with van der Waals surface area (Å²) in [5.74, 6) is 0. The highest BCUT2D eigenvalue weighted by molar-refractivity contribution is 7.89. The summed E-state index contributed by atoms with van der Waals surface area (Å²) in [6, 6.07) is 5.16. The number of non-ortho nitro benzene ring substituents is 1. The smallest absolute Gasteiger partial charge is 0.269 e. The fourth-order valence-electron chi connectivity index (χ4n) is 3.56. The lowest BCUT2D eigenvalue weighted by Crippen LogP contribution is -2.41. The van der Waals surface area contributed by atoms with Crippen LogP contribution in [0.4, 0.5) is 5.69 Å². The van der Waals surface area contributed by atoms with Crippen LogP contribution in [-0.2, 0) is 10.0 Å². The first-order valence-electron chi connectivity index (χ1n) is 7.88. The van der Waals surface area contributed by atoms with Crippen LogP contribution in [0.5, 0.6) is 0 Å². The molecule has 0 amide bonds. The summed E-state index contributed by atoms with van der Waals surface area (Å²) in [5.41, 5.74) is -0.0686. The number of nitrogens with one attached hydrogen (secondary N) is 1. The summed E-state index contributed by atoms with van der Waals surface area (Å²) in [7, 11) is -3.61. The topological polar surface area (TPSA) is 92.5 Å². The summed E-state index contributed by atoms with van der Waals surface area (Å²) in [4.78, 5) is 10.3. The molecule has 1 unspecified atom stereocenters. The van der Waals surface area contributed by atoms with Crippen LogP contribution < -0.4 is 5.32 Å². The van der Waals surface area contributed by atoms with E-state index in [4.69, 9.17) is 0 Å². The van der Waals surface area contributed by atoms with E-state index < -0.39 is 14.9 Å². The molecule has 0 radical (unpaired) electrons. The zero-order chi connectivity index (χ0) is 16.5. The molecule has 1 aromatic rings. The van der Waals surface area contributed by atoms with Gasteiger partial charge in [0, 0.05) is 31.8 Å². The van der Waals surface area contributed by atoms with E-state index in [9.17, 15) is 18.5 Å². The molecule has 2 aliphatic rings. The number of nitro groups is 1. The highest BCUT2D eigenvalue weighted by atomic mass is 32.2. The van der Waals surface area contributed by atoms with Gasteiger partial charge in [0.05, 0.1) is 9.82 Å². The molecule has 3 rings (SSSR count). The Morgan fingerprint density at radius 2 is 1.91 bits per heavy atom. The Morgan fingerprint density at radius 1 is 1.17 bits per heavy atom. The molecule has 1 spiro atoms. The molecule has 8 heteroatoms. The molecule has 1 N–H and O–H groups in total. The van der Waals surface area contributed by atoms with Crippen LogP contribution in [0.25, 0.3) is 0 Å². The van der Waals surface area contributed by atoms with E-state index in [1.165, 1.54) is 24.3 Å². The molecule has 2 heterocycles. The fraction of sp³-hybridized carbons (Fsp3) is 0.600. The van der Waals surface area contributed by atoms with Crippen molar-refractivity contribution in [1.82, 2.24) is 9.62 Å². The van der Waals surface area contributed by atoms with Crippen molar-refractivity contribution in [2.24, 2.45) is 5.41 Å². The van der Waals surface area contributed by atoms with Crippen molar-refractivity contribution in [3.63, 3.8) is 0 Å². The molecule has 1 atom stereocenters. The Balaban J connectivity index is 1.86. The van der Waals surface area contributed by atoms with Gasteiger partial charge >= 0.3 is 0 Å². The predicted molar refractivity (Wildman–Crippen MR) is 85.6 cm³/mol. The van der Waals surface area contributed by atoms with Gasteiger partial charge in [0.1, 0.15) is 0 Å². The summed E-state index contributed by atoms with van der Waals surface area (Å²) < 4.78 is 27.4. The standard InChI is InChI=1S/C15H21N3O4S/c19-18(20)13-3-5-14(6-4-13)23(21,22)17-10-2-1-7-15(12-17)8-9-16-11-15/h3-6,16H,1-2,7-12H2. The Bertz CT molecular complexity index is 681. The number of rotatable bonds is 3. The third-order valence-electron chi connectivity index (χ3n) is 4.89. The van der Waals surface area contributed by atoms with Crippen LogP contribution >= 0.6 is 0 Å². The van der Waals surface area contributed by atoms with Crippen molar-refractivity contribution < 1.29 is 13.3 Å². The minimum absolute atomic E-state index is 0.0321. The highest BCUT2D eigenvalue weighted by Crippen LogP contribution is 2.36. The molecule has 0 bridgehead atoms. The van der Waals surface area contributed by atoms with Gasteiger partial charge in [0.2, 0.25) is 10.0 Å². The highest BCUT2D eigenvalue weighted by Gasteiger charge is 2.40. The molecule has 2 fully saturated rings. The SMILES string of the molecule is O=[N+]([O-])c1ccc(S(=O)(=O)N2CCCCC3(CCNC3)C2)cc1. The summed E-state index contributed by atoms with van der Waals surface area (Å²) in [6.45, 7) is 2.84. The Morgan fingerprint density at radius 3 is 2.52 bits per heavy atom. The Labute approximate surface area is 135 Å². The molecule has 126 valence electrons. The fourth-order valence-corrected chi connectivity index (χ4v) is 5.15. The zero-order valence-electron chi connectivity index (χ0n) is 12.9. The van der Waals surface area contributed by atoms with Gasteiger partial charge < -0.3 is 5.32 Å². The number of nitro benzene ring substituents is 1. The lowest BCUT2D eigenvalue weighted by Gasteiger charge is -2.31. The van der Waals surface area contributed by atoms with Gasteiger partial charge in [0.25, 0.3) is 5.69 Å². The maximum Gasteiger partial charge on any atom is 0.269 e. The van der Waals surface area contributed by atoms with Crippen LogP contribution in [0.2, 0.25) is 0 Å². The maximum absolute atomic E-state index is 12.9. The van der Waals surface area contributed by atoms with Gasteiger partial charge in [-0.3, -0.25) is 10.1 Å². The molecule has 1 aromatic carbocycles. The minimum atomic E-state index is -3.61. The zero-order valence-corrected chi connectivity index (χ0v) is 13.7. The van der Waals surface area contributed by atoms with Crippen molar-refractivity contribution in [3.05, 3.63) is 34.4 Å². The predicted octanol–water partition coefficient (Wildman–Crippen LogP) is 1.75. The van der Waals surface area contributed by atoms with Crippen LogP contribution in [0.1, 0.15) is 25.7 Å². The number of hydrogen-bond donors (Lipinski definition) is 1. The van der Waals surface area contributed by atoms with Gasteiger partial charge in [-0.1, -0.05) is 6.42 Å². The van der Waals surface area contributed by atoms with E-state index in [0.717, 1.165) is 38.8 Å². The average Bonchev–Trinajstić information content (AvgIpc) is 2.87. The van der Waals surface area contributed by atoms with Gasteiger partial charge in [-0.25, -0.2) is 8.42 Å². The van der Waals surface area contributed by atoms with E-state index in [-0.39, 0.29) is 16.0 Å². The van der Waals surface area contributed by atoms with E-state index in [0.29, 0.717) is 13.1 Å². The first kappa shape index (κ1) is 16.4. The maximum atomic E-state index is 12.9. The first-order chi connectivity index (χ1) is 10.9. The third-order valence-corrected chi connectivity index (χ3v) is 6.75. The van der Waals surface area contributed by atoms with E-state index in [1.807, 2.05) is 0 Å². The van der Waals surface area contributed by atoms with Gasteiger partial charge in [-0.15, -0.1) is 0 Å². The molecule has 0 aliphatic carbocycles. The van der Waals surface area contributed by atoms with Crippen molar-refractivity contribution >= 4 is 15.7 Å². The molecule has 0 saturated carbocycles. The molecule has 2 saturated heterocycles. The van der Waals surface area contributed by atoms with Gasteiger partial charge in [0.15, 0.2) is 0 Å². The summed E-state index contributed by atoms with van der Waals surface area (Å²) in [5, 5.41) is 14.1. The Kier molecular flexibility index (Phi) is 4.39. The molecule has 7 nitrogen and oxygen atoms in total. The molecule has 23 heavy (non-hydrogen) atoms. The van der Waals surface area contributed by atoms with E-state index in [2.05, 4.69) is 5.32 Å². The quantitative estimate of drug-likeness (QED) is 0.669. The van der Waals surface area contributed by atoms with Gasteiger partial charge in [-0.2, -0.15) is 4.31 Å². The summed E-state index contributed by atoms with van der Waals surface area (Å²) in [6.07, 6.45) is 3.94. The lowest BCUT2D eigenvalue weighted by molar-refractivity contribution is -0.384. The van der Waals surface area contributed by atoms with Gasteiger partial charge in [-0.05, 0) is 43.4 Å². The van der Waals surface area contributed by atoms with Crippen molar-refractivity contribution in [2.75, 3.05) is 26.2 Å². The van der Waals surface area contributed by atoms with Crippen LogP contribution in [0.3, 0.4) is 0 Å². The van der Waals surface area contributed by atoms with Crippen LogP contribution in [0.15, 0.2) is 29.2 Å². The average molecular weight is 339 g/mol. The second-order valence-electron chi connectivity index (χ2n) is 6.47. The van der Waals surface area contributed by atoms with E-state index >= 15 is 0 Å². The Hall–Kier alpha value is -1.51. The van der Waals surface area contributed by atoms with Crippen molar-refractivity contribution in [3.8, 4) is 0 Å². The number of benzene rings is 1. The molecule has 0 aromatic heterocycles. The number of nitrogens with zero attached hydrogens (tertiary/aromatic N) is 2. The van der Waals surface area contributed by atoms with Crippen molar-refractivity contribution in [2.45, 2.75) is 30.6 Å². The van der Waals surface area contributed by atoms with E-state index in [1.54, 1.807) is 4.31 Å². The van der Waals surface area contributed by atoms with Crippen molar-refractivity contribution in [1.29, 1.82) is 0 Å². The lowest BCUT2D eigenvalue weighted by atomic mass is 9.83. The monoisotopic (exact) mass is 339 g/mol. The minimum Gasteiger partial charge on any atom is -0.316 e. The van der Waals surface area contributed by atoms with Crippen LogP contribution in [-0.4, -0.2) is 43.8 Å². The van der Waals surface area contributed by atoms with Crippen LogP contribution in [0, 0.1) is 15.5 Å². The first-order valence-corrected chi connectivity index (χ1v) is 9.32. The largest absolute Gasteiger partial charge is 0.316 e. The number of hydrogen-bond acceptors (Lipinski definition) is 5. The molecular formula is C15H21N3O4S. The molecular weight excluding hydrogens is 318 g/mol. The summed E-state index contributed by atoms with van der Waals surface area (Å²) >= 11 is 0. The molecule has 2 aliphatic heterocycles. The number of sulfonamides is 1.